The lowest BCUT2D eigenvalue weighted by Crippen LogP contribution is -2.31. The van der Waals surface area contributed by atoms with Crippen LogP contribution >= 0.6 is 12.1 Å². The summed E-state index contributed by atoms with van der Waals surface area (Å²) in [7, 11) is 0. The maximum Gasteiger partial charge on any atom is 0.0559 e. The van der Waals surface area contributed by atoms with Gasteiger partial charge in [0, 0.05) is 25.2 Å². The van der Waals surface area contributed by atoms with Crippen LogP contribution in [0.1, 0.15) is 17.5 Å². The van der Waals surface area contributed by atoms with Crippen molar-refractivity contribution in [2.75, 3.05) is 10.8 Å². The van der Waals surface area contributed by atoms with Crippen LogP contribution in [0.5, 0.6) is 0 Å². The Hall–Kier alpha value is -0.670. The molecule has 0 spiro atoms. The molecule has 0 aromatic heterocycles. The molecule has 0 saturated carbocycles. The number of nitrogens with one attached hydrogen (secondary N) is 1. The molecule has 0 fully saturated rings. The first-order valence-electron chi connectivity index (χ1n) is 4.73. The minimum Gasteiger partial charge on any atom is -0.303 e. The Morgan fingerprint density at radius 3 is 3.23 bits per heavy atom. The number of benzene rings is 1. The highest BCUT2D eigenvalue weighted by atomic mass is 32.2. The third-order valence-electron chi connectivity index (χ3n) is 2.70. The minimum absolute atomic E-state index is 1.00. The standard InChI is InChI=1S/C10H12N2S/c1-3-8-5-2-6-12-10(8)9(4-1)7-11-13-12/h1,3-4,11H,2,5-7H2. The van der Waals surface area contributed by atoms with Crippen molar-refractivity contribution in [2.45, 2.75) is 19.4 Å². The molecule has 0 saturated heterocycles. The van der Waals surface area contributed by atoms with E-state index in [2.05, 4.69) is 27.2 Å². The molecule has 2 heterocycles. The van der Waals surface area contributed by atoms with Crippen LogP contribution in [0.15, 0.2) is 18.2 Å². The summed E-state index contributed by atoms with van der Waals surface area (Å²) in [5, 5.41) is 0. The van der Waals surface area contributed by atoms with E-state index in [4.69, 9.17) is 0 Å². The van der Waals surface area contributed by atoms with Gasteiger partial charge in [0.05, 0.1) is 5.69 Å². The smallest absolute Gasteiger partial charge is 0.0559 e. The summed E-state index contributed by atoms with van der Waals surface area (Å²) < 4.78 is 5.73. The Balaban J connectivity index is 2.18. The molecule has 0 amide bonds. The summed E-state index contributed by atoms with van der Waals surface area (Å²) in [5.41, 5.74) is 4.46. The van der Waals surface area contributed by atoms with E-state index in [0.29, 0.717) is 0 Å². The van der Waals surface area contributed by atoms with Crippen molar-refractivity contribution in [2.24, 2.45) is 0 Å². The number of para-hydroxylation sites is 1. The average molecular weight is 192 g/mol. The van der Waals surface area contributed by atoms with Crippen LogP contribution in [0.2, 0.25) is 0 Å². The van der Waals surface area contributed by atoms with Gasteiger partial charge in [0.1, 0.15) is 0 Å². The Morgan fingerprint density at radius 1 is 1.31 bits per heavy atom. The van der Waals surface area contributed by atoms with Crippen molar-refractivity contribution >= 4 is 17.8 Å². The summed E-state index contributed by atoms with van der Waals surface area (Å²) >= 11 is 1.75. The first-order valence-corrected chi connectivity index (χ1v) is 5.50. The summed E-state index contributed by atoms with van der Waals surface area (Å²) in [6, 6.07) is 6.66. The van der Waals surface area contributed by atoms with Gasteiger partial charge in [-0.25, -0.2) is 4.72 Å². The van der Waals surface area contributed by atoms with Crippen molar-refractivity contribution in [3.63, 3.8) is 0 Å². The van der Waals surface area contributed by atoms with E-state index < -0.39 is 0 Å². The molecule has 1 aromatic carbocycles. The van der Waals surface area contributed by atoms with Gasteiger partial charge in [0.15, 0.2) is 0 Å². The van der Waals surface area contributed by atoms with E-state index >= 15 is 0 Å². The highest BCUT2D eigenvalue weighted by Crippen LogP contribution is 2.37. The molecule has 1 N–H and O–H groups in total. The maximum atomic E-state index is 3.35. The number of hydrogen-bond acceptors (Lipinski definition) is 3. The second-order valence-corrected chi connectivity index (χ2v) is 4.45. The predicted molar refractivity (Wildman–Crippen MR) is 56.5 cm³/mol. The number of aryl methyl sites for hydroxylation is 1. The van der Waals surface area contributed by atoms with Gasteiger partial charge >= 0.3 is 0 Å². The van der Waals surface area contributed by atoms with Crippen LogP contribution in [-0.4, -0.2) is 6.54 Å². The van der Waals surface area contributed by atoms with E-state index in [1.54, 1.807) is 12.1 Å². The zero-order valence-electron chi connectivity index (χ0n) is 7.42. The lowest BCUT2D eigenvalue weighted by molar-refractivity contribution is 0.771. The predicted octanol–water partition coefficient (Wildman–Crippen LogP) is 2.11. The maximum absolute atomic E-state index is 3.35. The van der Waals surface area contributed by atoms with E-state index in [1.807, 2.05) is 0 Å². The van der Waals surface area contributed by atoms with Crippen LogP contribution in [0.3, 0.4) is 0 Å². The van der Waals surface area contributed by atoms with Crippen LogP contribution < -0.4 is 9.03 Å². The molecule has 1 aromatic rings. The molecule has 2 aliphatic heterocycles. The van der Waals surface area contributed by atoms with Gasteiger partial charge in [-0.15, -0.1) is 0 Å². The zero-order chi connectivity index (χ0) is 8.67. The van der Waals surface area contributed by atoms with Crippen molar-refractivity contribution in [1.29, 1.82) is 0 Å². The van der Waals surface area contributed by atoms with Crippen LogP contribution in [-0.2, 0) is 13.0 Å². The van der Waals surface area contributed by atoms with Crippen LogP contribution in [0.25, 0.3) is 0 Å². The number of nitrogens with zero attached hydrogens (tertiary/aromatic N) is 1. The molecule has 2 aliphatic rings. The Bertz CT molecular complexity index is 309. The molecular formula is C10H12N2S. The molecular weight excluding hydrogens is 180 g/mol. The van der Waals surface area contributed by atoms with Gasteiger partial charge in [-0.2, -0.15) is 0 Å². The molecule has 3 heteroatoms. The molecule has 3 rings (SSSR count). The van der Waals surface area contributed by atoms with E-state index in [-0.39, 0.29) is 0 Å². The van der Waals surface area contributed by atoms with Gasteiger partial charge in [0.2, 0.25) is 0 Å². The summed E-state index contributed by atoms with van der Waals surface area (Å²) in [5.74, 6) is 0. The Labute approximate surface area is 82.6 Å². The monoisotopic (exact) mass is 192 g/mol. The minimum atomic E-state index is 1.00. The van der Waals surface area contributed by atoms with Crippen molar-refractivity contribution < 1.29 is 0 Å². The number of hydrogen-bond donors (Lipinski definition) is 1. The highest BCUT2D eigenvalue weighted by molar-refractivity contribution is 7.98. The van der Waals surface area contributed by atoms with Crippen molar-refractivity contribution in [3.05, 3.63) is 29.3 Å². The first kappa shape index (κ1) is 7.71. The summed E-state index contributed by atoms with van der Waals surface area (Å²) in [6.45, 7) is 2.19. The van der Waals surface area contributed by atoms with Crippen LogP contribution in [0, 0.1) is 0 Å². The third kappa shape index (κ3) is 1.15. The quantitative estimate of drug-likeness (QED) is 0.634. The van der Waals surface area contributed by atoms with Gasteiger partial charge in [-0.1, -0.05) is 18.2 Å². The number of anilines is 1. The average Bonchev–Trinajstić information content (AvgIpc) is 2.19. The Kier molecular flexibility index (Phi) is 1.73. The molecule has 0 bridgehead atoms. The van der Waals surface area contributed by atoms with Crippen molar-refractivity contribution in [1.82, 2.24) is 4.72 Å². The van der Waals surface area contributed by atoms with E-state index in [9.17, 15) is 0 Å². The third-order valence-corrected chi connectivity index (χ3v) is 3.56. The lowest BCUT2D eigenvalue weighted by Gasteiger charge is -2.35. The van der Waals surface area contributed by atoms with Gasteiger partial charge in [-0.05, 0) is 24.0 Å². The molecule has 0 atom stereocenters. The fraction of sp³-hybridized carbons (Fsp3) is 0.400. The van der Waals surface area contributed by atoms with E-state index in [0.717, 1.165) is 6.54 Å². The molecule has 13 heavy (non-hydrogen) atoms. The van der Waals surface area contributed by atoms with Crippen molar-refractivity contribution in [3.8, 4) is 0 Å². The SMILES string of the molecule is c1cc2c3c(c1)CNSN3CCC2. The summed E-state index contributed by atoms with van der Waals surface area (Å²) in [4.78, 5) is 0. The fourth-order valence-electron chi connectivity index (χ4n) is 2.11. The lowest BCUT2D eigenvalue weighted by atomic mass is 9.99. The largest absolute Gasteiger partial charge is 0.303 e. The molecule has 0 aliphatic carbocycles. The van der Waals surface area contributed by atoms with Gasteiger partial charge in [-0.3, -0.25) is 0 Å². The first-order chi connectivity index (χ1) is 6.45. The molecule has 68 valence electrons. The second kappa shape index (κ2) is 2.93. The zero-order valence-corrected chi connectivity index (χ0v) is 8.23. The van der Waals surface area contributed by atoms with E-state index in [1.165, 1.54) is 36.2 Å². The number of rotatable bonds is 0. The van der Waals surface area contributed by atoms with Gasteiger partial charge in [0.25, 0.3) is 0 Å². The highest BCUT2D eigenvalue weighted by Gasteiger charge is 2.23. The van der Waals surface area contributed by atoms with Crippen LogP contribution in [0.4, 0.5) is 5.69 Å². The second-order valence-electron chi connectivity index (χ2n) is 3.54. The molecule has 0 radical (unpaired) electrons. The Morgan fingerprint density at radius 2 is 2.23 bits per heavy atom. The summed E-state index contributed by atoms with van der Waals surface area (Å²) in [6.07, 6.45) is 2.53. The molecule has 0 unspecified atom stereocenters. The normalized spacial score (nSPS) is 19.8. The fourth-order valence-corrected chi connectivity index (χ4v) is 3.04. The molecule has 2 nitrogen and oxygen atoms in total. The van der Waals surface area contributed by atoms with Gasteiger partial charge < -0.3 is 4.31 Å². The topological polar surface area (TPSA) is 15.3 Å².